The lowest BCUT2D eigenvalue weighted by atomic mass is 9.83. The number of aliphatic hydroxyl groups is 1. The van der Waals surface area contributed by atoms with E-state index >= 15 is 0 Å². The van der Waals surface area contributed by atoms with Crippen LogP contribution in [-0.4, -0.2) is 61.7 Å². The van der Waals surface area contributed by atoms with Crippen LogP contribution in [0.3, 0.4) is 0 Å². The minimum Gasteiger partial charge on any atom is -0.395 e. The summed E-state index contributed by atoms with van der Waals surface area (Å²) in [5, 5.41) is 8.98. The fourth-order valence-corrected chi connectivity index (χ4v) is 2.81. The summed E-state index contributed by atoms with van der Waals surface area (Å²) >= 11 is 0. The predicted octanol–water partition coefficient (Wildman–Crippen LogP) is 0.639. The summed E-state index contributed by atoms with van der Waals surface area (Å²) in [6, 6.07) is 0.555. The van der Waals surface area contributed by atoms with E-state index in [0.717, 1.165) is 52.0 Å². The van der Waals surface area contributed by atoms with E-state index in [1.165, 1.54) is 0 Å². The number of hydrogen-bond acceptors (Lipinski definition) is 4. The van der Waals surface area contributed by atoms with Gasteiger partial charge in [-0.3, -0.25) is 0 Å². The lowest BCUT2D eigenvalue weighted by molar-refractivity contribution is -0.150. The number of nitrogens with zero attached hydrogens (tertiary/aromatic N) is 1. The summed E-state index contributed by atoms with van der Waals surface area (Å²) in [6.45, 7) is 3.51. The van der Waals surface area contributed by atoms with E-state index in [4.69, 9.17) is 14.6 Å². The Kier molecular flexibility index (Phi) is 4.19. The van der Waals surface area contributed by atoms with Crippen molar-refractivity contribution in [2.75, 3.05) is 40.0 Å². The molecule has 0 aromatic carbocycles. The van der Waals surface area contributed by atoms with E-state index in [1.807, 2.05) is 0 Å². The van der Waals surface area contributed by atoms with E-state index in [9.17, 15) is 0 Å². The third kappa shape index (κ3) is 2.74. The smallest absolute Gasteiger partial charge is 0.0741 e. The van der Waals surface area contributed by atoms with Crippen LogP contribution in [0, 0.1) is 0 Å². The molecule has 4 heteroatoms. The Morgan fingerprint density at radius 2 is 2.06 bits per heavy atom. The van der Waals surface area contributed by atoms with Gasteiger partial charge in [0.2, 0.25) is 0 Å². The van der Waals surface area contributed by atoms with E-state index in [-0.39, 0.29) is 12.2 Å². The van der Waals surface area contributed by atoms with Crippen LogP contribution in [0.2, 0.25) is 0 Å². The van der Waals surface area contributed by atoms with Crippen LogP contribution in [0.5, 0.6) is 0 Å². The van der Waals surface area contributed by atoms with Crippen LogP contribution in [0.1, 0.15) is 25.7 Å². The lowest BCUT2D eigenvalue weighted by Gasteiger charge is -2.45. The fourth-order valence-electron chi connectivity index (χ4n) is 2.81. The first kappa shape index (κ1) is 12.3. The highest BCUT2D eigenvalue weighted by Gasteiger charge is 2.39. The van der Waals surface area contributed by atoms with Crippen LogP contribution in [0.15, 0.2) is 0 Å². The topological polar surface area (TPSA) is 41.9 Å². The molecule has 1 unspecified atom stereocenters. The predicted molar refractivity (Wildman–Crippen MR) is 61.5 cm³/mol. The average Bonchev–Trinajstić information content (AvgIpc) is 2.30. The van der Waals surface area contributed by atoms with Gasteiger partial charge in [-0.1, -0.05) is 0 Å². The maximum atomic E-state index is 8.98. The van der Waals surface area contributed by atoms with Crippen LogP contribution in [0.25, 0.3) is 0 Å². The van der Waals surface area contributed by atoms with E-state index < -0.39 is 0 Å². The van der Waals surface area contributed by atoms with Gasteiger partial charge in [0.1, 0.15) is 0 Å². The zero-order valence-electron chi connectivity index (χ0n) is 10.2. The minimum absolute atomic E-state index is 0.0604. The van der Waals surface area contributed by atoms with Crippen LogP contribution in [0.4, 0.5) is 0 Å². The molecule has 0 radical (unpaired) electrons. The van der Waals surface area contributed by atoms with Crippen molar-refractivity contribution in [3.8, 4) is 0 Å². The molecule has 1 N–H and O–H groups in total. The Morgan fingerprint density at radius 3 is 2.75 bits per heavy atom. The van der Waals surface area contributed by atoms with Gasteiger partial charge in [-0.2, -0.15) is 0 Å². The number of ether oxygens (including phenoxy) is 2. The first-order valence-corrected chi connectivity index (χ1v) is 6.29. The Hall–Kier alpha value is -0.160. The quantitative estimate of drug-likeness (QED) is 0.771. The second-order valence-electron chi connectivity index (χ2n) is 4.99. The van der Waals surface area contributed by atoms with Gasteiger partial charge in [-0.25, -0.2) is 0 Å². The lowest BCUT2D eigenvalue weighted by Crippen LogP contribution is -2.50. The molecule has 0 aromatic heterocycles. The largest absolute Gasteiger partial charge is 0.395 e. The van der Waals surface area contributed by atoms with Gasteiger partial charge >= 0.3 is 0 Å². The summed E-state index contributed by atoms with van der Waals surface area (Å²) in [5.41, 5.74) is 0.0604. The normalized spacial score (nSPS) is 29.8. The number of hydrogen-bond donors (Lipinski definition) is 1. The van der Waals surface area contributed by atoms with Crippen molar-refractivity contribution in [3.05, 3.63) is 0 Å². The Morgan fingerprint density at radius 1 is 1.31 bits per heavy atom. The summed E-state index contributed by atoms with van der Waals surface area (Å²) < 4.78 is 11.4. The van der Waals surface area contributed by atoms with Crippen molar-refractivity contribution in [1.82, 2.24) is 4.90 Å². The number of aliphatic hydroxyl groups excluding tert-OH is 1. The SMILES string of the molecule is CN(CCO)C1CCOC2(CCOCC2)C1. The Labute approximate surface area is 97.5 Å². The van der Waals surface area contributed by atoms with Crippen molar-refractivity contribution in [2.24, 2.45) is 0 Å². The van der Waals surface area contributed by atoms with Gasteiger partial charge in [0.15, 0.2) is 0 Å². The van der Waals surface area contributed by atoms with Crippen molar-refractivity contribution in [3.63, 3.8) is 0 Å². The maximum Gasteiger partial charge on any atom is 0.0741 e. The van der Waals surface area contributed by atoms with Crippen molar-refractivity contribution < 1.29 is 14.6 Å². The molecule has 0 aliphatic carbocycles. The summed E-state index contributed by atoms with van der Waals surface area (Å²) in [5.74, 6) is 0. The van der Waals surface area contributed by atoms with E-state index in [2.05, 4.69) is 11.9 Å². The monoisotopic (exact) mass is 229 g/mol. The molecule has 2 heterocycles. The molecule has 0 aromatic rings. The molecule has 94 valence electrons. The third-order valence-electron chi connectivity index (χ3n) is 3.95. The van der Waals surface area contributed by atoms with E-state index in [0.29, 0.717) is 6.04 Å². The van der Waals surface area contributed by atoms with Gasteiger partial charge in [0.05, 0.1) is 12.2 Å². The van der Waals surface area contributed by atoms with Gasteiger partial charge in [0.25, 0.3) is 0 Å². The van der Waals surface area contributed by atoms with Gasteiger partial charge in [0, 0.05) is 32.4 Å². The molecular formula is C12H23NO3. The summed E-state index contributed by atoms with van der Waals surface area (Å²) in [6.07, 6.45) is 4.22. The molecule has 2 saturated heterocycles. The molecule has 4 nitrogen and oxygen atoms in total. The molecule has 1 atom stereocenters. The molecule has 0 bridgehead atoms. The second-order valence-corrected chi connectivity index (χ2v) is 4.99. The minimum atomic E-state index is 0.0604. The first-order valence-electron chi connectivity index (χ1n) is 6.29. The third-order valence-corrected chi connectivity index (χ3v) is 3.95. The Bertz CT molecular complexity index is 211. The van der Waals surface area contributed by atoms with E-state index in [1.54, 1.807) is 0 Å². The molecule has 1 spiro atoms. The van der Waals surface area contributed by atoms with Gasteiger partial charge in [-0.05, 0) is 32.7 Å². The molecule has 2 rings (SSSR count). The molecular weight excluding hydrogens is 206 g/mol. The average molecular weight is 229 g/mol. The molecule has 2 aliphatic rings. The van der Waals surface area contributed by atoms with Crippen molar-refractivity contribution >= 4 is 0 Å². The van der Waals surface area contributed by atoms with Crippen LogP contribution >= 0.6 is 0 Å². The molecule has 2 fully saturated rings. The van der Waals surface area contributed by atoms with Crippen molar-refractivity contribution in [1.29, 1.82) is 0 Å². The summed E-state index contributed by atoms with van der Waals surface area (Å²) in [4.78, 5) is 2.26. The zero-order valence-corrected chi connectivity index (χ0v) is 10.2. The molecule has 0 amide bonds. The highest BCUT2D eigenvalue weighted by molar-refractivity contribution is 4.91. The fraction of sp³-hybridized carbons (Fsp3) is 1.00. The van der Waals surface area contributed by atoms with Gasteiger partial charge < -0.3 is 19.5 Å². The highest BCUT2D eigenvalue weighted by atomic mass is 16.5. The molecule has 16 heavy (non-hydrogen) atoms. The highest BCUT2D eigenvalue weighted by Crippen LogP contribution is 2.35. The zero-order chi connectivity index (χ0) is 11.4. The van der Waals surface area contributed by atoms with Crippen LogP contribution in [-0.2, 0) is 9.47 Å². The maximum absolute atomic E-state index is 8.98. The number of rotatable bonds is 3. The first-order chi connectivity index (χ1) is 7.76. The standard InChI is InChI=1S/C12H23NO3/c1-13(5-6-14)11-2-7-16-12(10-11)3-8-15-9-4-12/h11,14H,2-10H2,1H3. The number of likely N-dealkylation sites (N-methyl/N-ethyl adjacent to an activating group) is 1. The van der Waals surface area contributed by atoms with Crippen molar-refractivity contribution in [2.45, 2.75) is 37.3 Å². The second kappa shape index (κ2) is 5.45. The van der Waals surface area contributed by atoms with Gasteiger partial charge in [-0.15, -0.1) is 0 Å². The molecule has 0 saturated carbocycles. The molecule has 2 aliphatic heterocycles. The Balaban J connectivity index is 1.92. The summed E-state index contributed by atoms with van der Waals surface area (Å²) in [7, 11) is 2.10. The van der Waals surface area contributed by atoms with Crippen LogP contribution < -0.4 is 0 Å².